The Morgan fingerprint density at radius 1 is 1.42 bits per heavy atom. The molecule has 2 unspecified atom stereocenters. The molecule has 0 aromatic carbocycles. The van der Waals surface area contributed by atoms with E-state index in [-0.39, 0.29) is 28.2 Å². The number of hydrogen-bond acceptors (Lipinski definition) is 4. The maximum Gasteiger partial charge on any atom is 0.247 e. The van der Waals surface area contributed by atoms with Crippen LogP contribution in [0.4, 0.5) is 0 Å². The number of halogens is 1. The normalized spacial score (nSPS) is 25.7. The molecule has 1 aromatic rings. The number of nitrogens with two attached hydrogens (primary N) is 1. The van der Waals surface area contributed by atoms with Gasteiger partial charge in [-0.1, -0.05) is 6.42 Å². The van der Waals surface area contributed by atoms with Crippen LogP contribution in [0.15, 0.2) is 20.0 Å². The second-order valence-electron chi connectivity index (χ2n) is 5.02. The van der Waals surface area contributed by atoms with Crippen molar-refractivity contribution in [1.29, 1.82) is 0 Å². The third-order valence-corrected chi connectivity index (χ3v) is 6.56. The topological polar surface area (TPSA) is 76.5 Å². The fraction of sp³-hybridized carbons (Fsp3) is 0.667. The first-order chi connectivity index (χ1) is 8.87. The summed E-state index contributed by atoms with van der Waals surface area (Å²) in [5, 5.41) is 0. The summed E-state index contributed by atoms with van der Waals surface area (Å²) in [5.41, 5.74) is 5.49. The number of hydrogen-bond donors (Lipinski definition) is 1. The number of sulfonamides is 1. The SMILES string of the molecule is CC1CCCC(C)N1S(=O)(=O)c1cc(CN)oc1Br. The molecule has 0 amide bonds. The molecule has 2 atom stereocenters. The Morgan fingerprint density at radius 2 is 2.00 bits per heavy atom. The predicted octanol–water partition coefficient (Wildman–Crippen LogP) is 2.45. The van der Waals surface area contributed by atoms with Crippen LogP contribution in [-0.4, -0.2) is 24.8 Å². The van der Waals surface area contributed by atoms with Crippen molar-refractivity contribution in [2.45, 2.75) is 56.6 Å². The van der Waals surface area contributed by atoms with Crippen LogP contribution in [0.2, 0.25) is 0 Å². The van der Waals surface area contributed by atoms with E-state index in [1.54, 1.807) is 4.31 Å². The molecule has 1 fully saturated rings. The van der Waals surface area contributed by atoms with Crippen LogP contribution in [0.5, 0.6) is 0 Å². The van der Waals surface area contributed by atoms with E-state index in [2.05, 4.69) is 15.9 Å². The van der Waals surface area contributed by atoms with Gasteiger partial charge in [0.05, 0.1) is 6.54 Å². The maximum atomic E-state index is 12.8. The van der Waals surface area contributed by atoms with E-state index in [1.807, 2.05) is 13.8 Å². The van der Waals surface area contributed by atoms with Crippen molar-refractivity contribution in [2.75, 3.05) is 0 Å². The summed E-state index contributed by atoms with van der Waals surface area (Å²) in [4.78, 5) is 0.175. The molecule has 19 heavy (non-hydrogen) atoms. The zero-order valence-corrected chi connectivity index (χ0v) is 13.5. The third-order valence-electron chi connectivity index (χ3n) is 3.58. The van der Waals surface area contributed by atoms with E-state index >= 15 is 0 Å². The summed E-state index contributed by atoms with van der Waals surface area (Å²) in [5.74, 6) is 0.461. The zero-order valence-electron chi connectivity index (χ0n) is 11.1. The lowest BCUT2D eigenvalue weighted by Crippen LogP contribution is -2.47. The largest absolute Gasteiger partial charge is 0.452 e. The summed E-state index contributed by atoms with van der Waals surface area (Å²) in [6.45, 7) is 4.08. The number of furan rings is 1. The van der Waals surface area contributed by atoms with Crippen LogP contribution in [-0.2, 0) is 16.6 Å². The van der Waals surface area contributed by atoms with Crippen molar-refractivity contribution in [3.8, 4) is 0 Å². The Bertz CT molecular complexity index is 545. The smallest absolute Gasteiger partial charge is 0.247 e. The molecule has 0 radical (unpaired) electrons. The van der Waals surface area contributed by atoms with Gasteiger partial charge in [-0.3, -0.25) is 0 Å². The van der Waals surface area contributed by atoms with Gasteiger partial charge in [0.2, 0.25) is 10.0 Å². The van der Waals surface area contributed by atoms with Crippen molar-refractivity contribution >= 4 is 26.0 Å². The van der Waals surface area contributed by atoms with Crippen molar-refractivity contribution in [3.05, 3.63) is 16.5 Å². The fourth-order valence-corrected chi connectivity index (χ4v) is 5.51. The second-order valence-corrected chi connectivity index (χ2v) is 7.55. The quantitative estimate of drug-likeness (QED) is 0.908. The molecule has 1 saturated heterocycles. The van der Waals surface area contributed by atoms with Crippen LogP contribution in [0.1, 0.15) is 38.9 Å². The van der Waals surface area contributed by atoms with Crippen LogP contribution in [0.25, 0.3) is 0 Å². The zero-order chi connectivity index (χ0) is 14.2. The molecule has 1 aliphatic rings. The van der Waals surface area contributed by atoms with Crippen molar-refractivity contribution in [3.63, 3.8) is 0 Å². The number of nitrogens with zero attached hydrogens (tertiary/aromatic N) is 1. The molecule has 0 spiro atoms. The minimum absolute atomic E-state index is 0.0110. The highest BCUT2D eigenvalue weighted by molar-refractivity contribution is 9.10. The molecular formula is C12H19BrN2O3S. The van der Waals surface area contributed by atoms with E-state index in [4.69, 9.17) is 10.2 Å². The Hall–Kier alpha value is -0.370. The number of rotatable bonds is 3. The molecule has 108 valence electrons. The number of piperidine rings is 1. The molecule has 2 N–H and O–H groups in total. The average Bonchev–Trinajstić information content (AvgIpc) is 2.70. The summed E-state index contributed by atoms with van der Waals surface area (Å²) in [6.07, 6.45) is 2.85. The lowest BCUT2D eigenvalue weighted by Gasteiger charge is -2.37. The first-order valence-corrected chi connectivity index (χ1v) is 8.63. The molecule has 0 saturated carbocycles. The molecular weight excluding hydrogens is 332 g/mol. The van der Waals surface area contributed by atoms with Crippen LogP contribution >= 0.6 is 15.9 Å². The van der Waals surface area contributed by atoms with Crippen molar-refractivity contribution < 1.29 is 12.8 Å². The Balaban J connectivity index is 2.43. The van der Waals surface area contributed by atoms with Gasteiger partial charge in [0.15, 0.2) is 4.67 Å². The van der Waals surface area contributed by atoms with Gasteiger partial charge in [0.25, 0.3) is 0 Å². The predicted molar refractivity (Wildman–Crippen MR) is 76.1 cm³/mol. The van der Waals surface area contributed by atoms with Crippen LogP contribution in [0, 0.1) is 0 Å². The van der Waals surface area contributed by atoms with E-state index in [0.29, 0.717) is 5.76 Å². The van der Waals surface area contributed by atoms with E-state index in [0.717, 1.165) is 19.3 Å². The van der Waals surface area contributed by atoms with Gasteiger partial charge in [-0.05, 0) is 42.6 Å². The maximum absolute atomic E-state index is 12.8. The summed E-state index contributed by atoms with van der Waals surface area (Å²) >= 11 is 3.17. The highest BCUT2D eigenvalue weighted by Crippen LogP contribution is 2.34. The fourth-order valence-electron chi connectivity index (χ4n) is 2.66. The van der Waals surface area contributed by atoms with Gasteiger partial charge >= 0.3 is 0 Å². The lowest BCUT2D eigenvalue weighted by atomic mass is 10.0. The minimum Gasteiger partial charge on any atom is -0.452 e. The monoisotopic (exact) mass is 350 g/mol. The van der Waals surface area contributed by atoms with Crippen molar-refractivity contribution in [2.24, 2.45) is 5.73 Å². The summed E-state index contributed by atoms with van der Waals surface area (Å²) in [7, 11) is -3.54. The Morgan fingerprint density at radius 3 is 2.47 bits per heavy atom. The van der Waals surface area contributed by atoms with Gasteiger partial charge < -0.3 is 10.2 Å². The molecule has 1 aliphatic heterocycles. The summed E-state index contributed by atoms with van der Waals surface area (Å²) < 4.78 is 32.6. The standard InChI is InChI=1S/C12H19BrN2O3S/c1-8-4-3-5-9(2)15(8)19(16,17)11-6-10(7-14)18-12(11)13/h6,8-9H,3-5,7,14H2,1-2H3. The van der Waals surface area contributed by atoms with E-state index < -0.39 is 10.0 Å². The van der Waals surface area contributed by atoms with Gasteiger partial charge in [-0.2, -0.15) is 4.31 Å². The lowest BCUT2D eigenvalue weighted by molar-refractivity contribution is 0.204. The molecule has 2 rings (SSSR count). The van der Waals surface area contributed by atoms with Gasteiger partial charge in [-0.25, -0.2) is 8.42 Å². The second kappa shape index (κ2) is 5.55. The molecule has 7 heteroatoms. The van der Waals surface area contributed by atoms with Crippen LogP contribution < -0.4 is 5.73 Å². The highest BCUT2D eigenvalue weighted by Gasteiger charge is 2.37. The molecule has 2 heterocycles. The molecule has 1 aromatic heterocycles. The molecule has 0 bridgehead atoms. The highest BCUT2D eigenvalue weighted by atomic mass is 79.9. The van der Waals surface area contributed by atoms with Gasteiger partial charge in [0.1, 0.15) is 10.7 Å². The van der Waals surface area contributed by atoms with Gasteiger partial charge in [-0.15, -0.1) is 0 Å². The first-order valence-electron chi connectivity index (χ1n) is 6.39. The first kappa shape index (κ1) is 15.0. The van der Waals surface area contributed by atoms with E-state index in [1.165, 1.54) is 6.07 Å². The average molecular weight is 351 g/mol. The Kier molecular flexibility index (Phi) is 4.39. The molecule has 5 nitrogen and oxygen atoms in total. The van der Waals surface area contributed by atoms with Crippen molar-refractivity contribution in [1.82, 2.24) is 4.31 Å². The minimum atomic E-state index is -3.54. The Labute approximate surface area is 122 Å². The molecule has 0 aliphatic carbocycles. The van der Waals surface area contributed by atoms with Gasteiger partial charge in [0, 0.05) is 18.2 Å². The summed E-state index contributed by atoms with van der Waals surface area (Å²) in [6, 6.07) is 1.53. The van der Waals surface area contributed by atoms with Crippen LogP contribution in [0.3, 0.4) is 0 Å². The third kappa shape index (κ3) is 2.74. The van der Waals surface area contributed by atoms with E-state index in [9.17, 15) is 8.42 Å².